The van der Waals surface area contributed by atoms with Crippen molar-refractivity contribution in [3.63, 3.8) is 0 Å². The predicted molar refractivity (Wildman–Crippen MR) is 89.7 cm³/mol. The van der Waals surface area contributed by atoms with Crippen LogP contribution in [0.3, 0.4) is 0 Å². The second-order valence-electron chi connectivity index (χ2n) is 5.34. The number of hydrogen-bond donors (Lipinski definition) is 0. The molecular weight excluding hydrogens is 354 g/mol. The van der Waals surface area contributed by atoms with Crippen LogP contribution < -0.4 is 9.47 Å². The Labute approximate surface area is 149 Å². The van der Waals surface area contributed by atoms with Crippen LogP contribution in [0.4, 0.5) is 13.6 Å². The van der Waals surface area contributed by atoms with Gasteiger partial charge in [-0.3, -0.25) is 0 Å². The van der Waals surface area contributed by atoms with E-state index in [1.165, 1.54) is 19.2 Å². The van der Waals surface area contributed by atoms with E-state index in [4.69, 9.17) is 21.1 Å². The van der Waals surface area contributed by atoms with Crippen LogP contribution in [0.15, 0.2) is 30.3 Å². The van der Waals surface area contributed by atoms with Crippen molar-refractivity contribution >= 4 is 17.8 Å². The summed E-state index contributed by atoms with van der Waals surface area (Å²) in [5.74, 6) is 0.198. The quantitative estimate of drug-likeness (QED) is 0.506. The standard InChI is InChI=1S/C18H17ClF2O4/c1-10-7-12(17(20)21)16(8-11(10)2)24-9-13-14(19)5-4-6-15(13)25-18(22)23-3/h4-8,17H,9H2,1-3H3. The highest BCUT2D eigenvalue weighted by Gasteiger charge is 2.18. The van der Waals surface area contributed by atoms with Crippen molar-refractivity contribution in [1.82, 2.24) is 0 Å². The highest BCUT2D eigenvalue weighted by atomic mass is 35.5. The molecule has 0 aliphatic heterocycles. The molecule has 0 aliphatic rings. The number of hydrogen-bond acceptors (Lipinski definition) is 4. The van der Waals surface area contributed by atoms with Crippen molar-refractivity contribution in [2.24, 2.45) is 0 Å². The van der Waals surface area contributed by atoms with E-state index in [9.17, 15) is 13.6 Å². The molecule has 7 heteroatoms. The van der Waals surface area contributed by atoms with E-state index in [1.807, 2.05) is 0 Å². The zero-order valence-electron chi connectivity index (χ0n) is 13.9. The number of halogens is 3. The van der Waals surface area contributed by atoms with E-state index in [2.05, 4.69) is 4.74 Å². The second kappa shape index (κ2) is 8.16. The maximum atomic E-state index is 13.2. The van der Waals surface area contributed by atoms with Gasteiger partial charge in [0, 0.05) is 0 Å². The average molecular weight is 371 g/mol. The minimum absolute atomic E-state index is 0.0574. The maximum Gasteiger partial charge on any atom is 0.513 e. The highest BCUT2D eigenvalue weighted by molar-refractivity contribution is 6.31. The highest BCUT2D eigenvalue weighted by Crippen LogP contribution is 2.34. The average Bonchev–Trinajstić information content (AvgIpc) is 2.56. The molecule has 0 spiro atoms. The van der Waals surface area contributed by atoms with Gasteiger partial charge in [0.25, 0.3) is 6.43 Å². The van der Waals surface area contributed by atoms with Crippen LogP contribution in [0.1, 0.15) is 28.7 Å². The first-order chi connectivity index (χ1) is 11.8. The van der Waals surface area contributed by atoms with Gasteiger partial charge in [0.2, 0.25) is 0 Å². The van der Waals surface area contributed by atoms with Crippen molar-refractivity contribution in [2.75, 3.05) is 7.11 Å². The van der Waals surface area contributed by atoms with Crippen LogP contribution >= 0.6 is 11.6 Å². The Balaban J connectivity index is 2.30. The van der Waals surface area contributed by atoms with Gasteiger partial charge < -0.3 is 14.2 Å². The summed E-state index contributed by atoms with van der Waals surface area (Å²) in [5, 5.41) is 0.281. The van der Waals surface area contributed by atoms with E-state index >= 15 is 0 Å². The van der Waals surface area contributed by atoms with Gasteiger partial charge in [-0.25, -0.2) is 13.6 Å². The first kappa shape index (κ1) is 19.0. The lowest BCUT2D eigenvalue weighted by atomic mass is 10.1. The van der Waals surface area contributed by atoms with E-state index < -0.39 is 12.6 Å². The second-order valence-corrected chi connectivity index (χ2v) is 5.74. The predicted octanol–water partition coefficient (Wildman–Crippen LogP) is 5.62. The first-order valence-corrected chi connectivity index (χ1v) is 7.76. The number of methoxy groups -OCH3 is 1. The minimum Gasteiger partial charge on any atom is -0.488 e. The molecule has 2 aromatic carbocycles. The summed E-state index contributed by atoms with van der Waals surface area (Å²) in [7, 11) is 1.17. The lowest BCUT2D eigenvalue weighted by Crippen LogP contribution is -2.10. The van der Waals surface area contributed by atoms with Crippen LogP contribution in [0.25, 0.3) is 0 Å². The lowest BCUT2D eigenvalue weighted by molar-refractivity contribution is 0.120. The Morgan fingerprint density at radius 2 is 1.84 bits per heavy atom. The van der Waals surface area contributed by atoms with E-state index in [0.717, 1.165) is 11.1 Å². The molecule has 0 amide bonds. The summed E-state index contributed by atoms with van der Waals surface area (Å²) < 4.78 is 41.5. The molecule has 0 unspecified atom stereocenters. The third kappa shape index (κ3) is 4.60. The Morgan fingerprint density at radius 3 is 2.48 bits per heavy atom. The van der Waals surface area contributed by atoms with Crippen molar-refractivity contribution in [2.45, 2.75) is 26.9 Å². The molecule has 0 saturated carbocycles. The van der Waals surface area contributed by atoms with Gasteiger partial charge >= 0.3 is 6.16 Å². The van der Waals surface area contributed by atoms with Crippen LogP contribution in [-0.2, 0) is 11.3 Å². The summed E-state index contributed by atoms with van der Waals surface area (Å²) in [6.07, 6.45) is -3.59. The van der Waals surface area contributed by atoms with Crippen LogP contribution in [0.2, 0.25) is 5.02 Å². The SMILES string of the molecule is COC(=O)Oc1cccc(Cl)c1COc1cc(C)c(C)cc1C(F)F. The molecule has 4 nitrogen and oxygen atoms in total. The van der Waals surface area contributed by atoms with E-state index in [0.29, 0.717) is 5.56 Å². The molecule has 2 aromatic rings. The Hall–Kier alpha value is -2.34. The summed E-state index contributed by atoms with van der Waals surface area (Å²) in [4.78, 5) is 11.3. The number of carbonyl (C=O) groups excluding carboxylic acids is 1. The van der Waals surface area contributed by atoms with Gasteiger partial charge in [0.05, 0.1) is 23.3 Å². The molecule has 0 bridgehead atoms. The molecule has 0 fully saturated rings. The number of alkyl halides is 2. The maximum absolute atomic E-state index is 13.2. The molecule has 2 rings (SSSR count). The largest absolute Gasteiger partial charge is 0.513 e. The Morgan fingerprint density at radius 1 is 1.16 bits per heavy atom. The molecule has 25 heavy (non-hydrogen) atoms. The fourth-order valence-electron chi connectivity index (χ4n) is 2.16. The van der Waals surface area contributed by atoms with Gasteiger partial charge in [-0.2, -0.15) is 0 Å². The summed E-state index contributed by atoms with van der Waals surface area (Å²) >= 11 is 6.12. The molecule has 0 atom stereocenters. The minimum atomic E-state index is -2.67. The fraction of sp³-hybridized carbons (Fsp3) is 0.278. The lowest BCUT2D eigenvalue weighted by Gasteiger charge is -2.16. The zero-order chi connectivity index (χ0) is 18.6. The molecule has 0 N–H and O–H groups in total. The summed E-state index contributed by atoms with van der Waals surface area (Å²) in [6, 6.07) is 7.63. The number of benzene rings is 2. The van der Waals surface area contributed by atoms with Gasteiger partial charge in [0.1, 0.15) is 18.1 Å². The molecular formula is C18H17ClF2O4. The van der Waals surface area contributed by atoms with Crippen LogP contribution in [0.5, 0.6) is 11.5 Å². The Kier molecular flexibility index (Phi) is 6.20. The third-order valence-electron chi connectivity index (χ3n) is 3.67. The van der Waals surface area contributed by atoms with Crippen molar-refractivity contribution in [1.29, 1.82) is 0 Å². The topological polar surface area (TPSA) is 44.8 Å². The van der Waals surface area contributed by atoms with Gasteiger partial charge in [0.15, 0.2) is 0 Å². The van der Waals surface area contributed by atoms with Crippen LogP contribution in [-0.4, -0.2) is 13.3 Å². The molecule has 0 saturated heterocycles. The van der Waals surface area contributed by atoms with Crippen molar-refractivity contribution in [3.8, 4) is 11.5 Å². The number of carbonyl (C=O) groups is 1. The molecule has 0 heterocycles. The molecule has 134 valence electrons. The first-order valence-electron chi connectivity index (χ1n) is 7.38. The monoisotopic (exact) mass is 370 g/mol. The van der Waals surface area contributed by atoms with Crippen molar-refractivity contribution in [3.05, 3.63) is 57.6 Å². The number of aryl methyl sites for hydroxylation is 2. The molecule has 0 aromatic heterocycles. The summed E-state index contributed by atoms with van der Waals surface area (Å²) in [6.45, 7) is 3.41. The summed E-state index contributed by atoms with van der Waals surface area (Å²) in [5.41, 5.74) is 1.72. The van der Waals surface area contributed by atoms with Crippen LogP contribution in [0, 0.1) is 13.8 Å². The Bertz CT molecular complexity index is 778. The molecule has 0 radical (unpaired) electrons. The fourth-order valence-corrected chi connectivity index (χ4v) is 2.38. The number of rotatable bonds is 5. The normalized spacial score (nSPS) is 10.7. The number of ether oxygens (including phenoxy) is 3. The molecule has 0 aliphatic carbocycles. The third-order valence-corrected chi connectivity index (χ3v) is 4.02. The zero-order valence-corrected chi connectivity index (χ0v) is 14.7. The van der Waals surface area contributed by atoms with E-state index in [1.54, 1.807) is 32.0 Å². The van der Waals surface area contributed by atoms with Gasteiger partial charge in [-0.05, 0) is 49.2 Å². The van der Waals surface area contributed by atoms with E-state index in [-0.39, 0.29) is 28.7 Å². The smallest absolute Gasteiger partial charge is 0.488 e. The van der Waals surface area contributed by atoms with Gasteiger partial charge in [-0.1, -0.05) is 17.7 Å². The van der Waals surface area contributed by atoms with Crippen molar-refractivity contribution < 1.29 is 27.8 Å². The van der Waals surface area contributed by atoms with Gasteiger partial charge in [-0.15, -0.1) is 0 Å².